The van der Waals surface area contributed by atoms with Crippen molar-refractivity contribution in [1.29, 1.82) is 0 Å². The first kappa shape index (κ1) is 21.8. The topological polar surface area (TPSA) is 100 Å². The number of halogens is 1. The van der Waals surface area contributed by atoms with Crippen LogP contribution in [-0.2, 0) is 0 Å². The van der Waals surface area contributed by atoms with Crippen LogP contribution >= 0.6 is 0 Å². The highest BCUT2D eigenvalue weighted by Gasteiger charge is 2.36. The lowest BCUT2D eigenvalue weighted by Gasteiger charge is -2.34. The predicted molar refractivity (Wildman–Crippen MR) is 121 cm³/mol. The summed E-state index contributed by atoms with van der Waals surface area (Å²) >= 11 is 0. The van der Waals surface area contributed by atoms with E-state index in [4.69, 9.17) is 4.42 Å². The first-order valence-electron chi connectivity index (χ1n) is 10.6. The summed E-state index contributed by atoms with van der Waals surface area (Å²) in [6.45, 7) is 9.69. The molecule has 4 rings (SSSR count). The van der Waals surface area contributed by atoms with Crippen LogP contribution in [0.3, 0.4) is 0 Å². The van der Waals surface area contributed by atoms with Crippen molar-refractivity contribution in [2.75, 3.05) is 10.6 Å². The Kier molecular flexibility index (Phi) is 5.19. The molecule has 0 saturated heterocycles. The van der Waals surface area contributed by atoms with E-state index < -0.39 is 28.6 Å². The molecule has 168 valence electrons. The second kappa shape index (κ2) is 7.62. The maximum absolute atomic E-state index is 14.7. The molecule has 32 heavy (non-hydrogen) atoms. The van der Waals surface area contributed by atoms with Crippen molar-refractivity contribution in [1.82, 2.24) is 5.32 Å². The molecule has 1 aliphatic rings. The van der Waals surface area contributed by atoms with Gasteiger partial charge in [0.25, 0.3) is 16.8 Å². The molecule has 0 radical (unpaired) electrons. The Hall–Kier alpha value is -3.42. The molecule has 0 aliphatic carbocycles. The van der Waals surface area contributed by atoms with Crippen LogP contribution in [-0.4, -0.2) is 5.91 Å². The van der Waals surface area contributed by atoms with Crippen molar-refractivity contribution < 1.29 is 13.6 Å². The lowest BCUT2D eigenvalue weighted by Crippen LogP contribution is -2.40. The molecule has 1 amide bonds. The van der Waals surface area contributed by atoms with Crippen molar-refractivity contribution in [3.8, 4) is 0 Å². The molecular weight excluding hydrogens is 413 g/mol. The van der Waals surface area contributed by atoms with Crippen LogP contribution < -0.4 is 26.8 Å². The van der Waals surface area contributed by atoms with Crippen molar-refractivity contribution in [2.45, 2.75) is 53.1 Å². The largest absolute Gasteiger partial charge is 0.464 e. The van der Waals surface area contributed by atoms with Gasteiger partial charge in [-0.15, -0.1) is 0 Å². The number of anilines is 3. The normalized spacial score (nSPS) is 16.7. The summed E-state index contributed by atoms with van der Waals surface area (Å²) < 4.78 is 20.5. The molecule has 2 aromatic carbocycles. The highest BCUT2D eigenvalue weighted by Crippen LogP contribution is 2.41. The minimum Gasteiger partial charge on any atom is -0.464 e. The third-order valence-electron chi connectivity index (χ3n) is 6.42. The number of hydrogen-bond donors (Lipinski definition) is 3. The highest BCUT2D eigenvalue weighted by atomic mass is 19.1. The molecule has 1 aromatic heterocycles. The Labute approximate surface area is 184 Å². The number of benzene rings is 1. The Bertz CT molecular complexity index is 1280. The van der Waals surface area contributed by atoms with Gasteiger partial charge >= 0.3 is 0 Å². The molecule has 2 heterocycles. The van der Waals surface area contributed by atoms with Gasteiger partial charge in [-0.1, -0.05) is 26.8 Å². The van der Waals surface area contributed by atoms with E-state index in [-0.39, 0.29) is 34.1 Å². The zero-order valence-electron chi connectivity index (χ0n) is 18.7. The average molecular weight is 439 g/mol. The molecule has 3 aromatic rings. The smallest absolute Gasteiger partial charge is 0.254 e. The molecule has 8 heteroatoms. The molecule has 0 bridgehead atoms. The summed E-state index contributed by atoms with van der Waals surface area (Å²) in [6, 6.07) is 5.77. The molecule has 2 atom stereocenters. The quantitative estimate of drug-likeness (QED) is 0.470. The average Bonchev–Trinajstić information content (AvgIpc) is 3.30. The van der Waals surface area contributed by atoms with E-state index in [0.29, 0.717) is 11.3 Å². The van der Waals surface area contributed by atoms with E-state index in [9.17, 15) is 18.8 Å². The number of rotatable bonds is 7. The van der Waals surface area contributed by atoms with Gasteiger partial charge in [0.2, 0.25) is 0 Å². The van der Waals surface area contributed by atoms with Gasteiger partial charge in [-0.05, 0) is 49.4 Å². The fourth-order valence-electron chi connectivity index (χ4n) is 4.05. The molecule has 3 N–H and O–H groups in total. The predicted octanol–water partition coefficient (Wildman–Crippen LogP) is 4.46. The highest BCUT2D eigenvalue weighted by molar-refractivity contribution is 6.05. The van der Waals surface area contributed by atoms with Gasteiger partial charge in [-0.3, -0.25) is 14.4 Å². The van der Waals surface area contributed by atoms with E-state index in [1.165, 1.54) is 6.07 Å². The van der Waals surface area contributed by atoms with Crippen molar-refractivity contribution in [3.05, 3.63) is 73.2 Å². The molecule has 0 saturated carbocycles. The maximum Gasteiger partial charge on any atom is 0.254 e. The summed E-state index contributed by atoms with van der Waals surface area (Å²) in [7, 11) is 0. The standard InChI is InChI=1S/C24H26FN3O4/c1-6-24(4,5)22(15-10-7-11(2)32-15)28-19-18(20(29)21(19)30)27-17-14(25)9-8-13-12(3)26-23(31)16(13)17/h7-10,12,22,27-28H,6H2,1-5H3,(H,26,31)/t12-,22-/m0/s1. The number of aryl methyl sites for hydroxylation is 1. The lowest BCUT2D eigenvalue weighted by molar-refractivity contribution is 0.0959. The van der Waals surface area contributed by atoms with Crippen molar-refractivity contribution in [3.63, 3.8) is 0 Å². The second-order valence-electron chi connectivity index (χ2n) is 8.98. The monoisotopic (exact) mass is 439 g/mol. The number of carbonyl (C=O) groups excluding carboxylic acids is 1. The SMILES string of the molecule is CCC(C)(C)[C@@H](Nc1c(Nc2c(F)ccc3c2C(=O)N[C@H]3C)c(=O)c1=O)c1ccc(C)o1. The van der Waals surface area contributed by atoms with Crippen LogP contribution in [0.2, 0.25) is 0 Å². The lowest BCUT2D eigenvalue weighted by atomic mass is 9.80. The third-order valence-corrected chi connectivity index (χ3v) is 6.42. The zero-order chi connectivity index (χ0) is 23.4. The molecular formula is C24H26FN3O4. The van der Waals surface area contributed by atoms with E-state index in [2.05, 4.69) is 16.0 Å². The van der Waals surface area contributed by atoms with Crippen LogP contribution in [0.5, 0.6) is 0 Å². The summed E-state index contributed by atoms with van der Waals surface area (Å²) in [5, 5.41) is 8.63. The zero-order valence-corrected chi connectivity index (χ0v) is 18.7. The summed E-state index contributed by atoms with van der Waals surface area (Å²) in [5.41, 5.74) is -1.13. The number of amides is 1. The third kappa shape index (κ3) is 3.39. The van der Waals surface area contributed by atoms with Gasteiger partial charge in [0, 0.05) is 0 Å². The number of furan rings is 1. The Balaban J connectivity index is 1.74. The van der Waals surface area contributed by atoms with Gasteiger partial charge in [-0.2, -0.15) is 0 Å². The number of nitrogens with one attached hydrogen (secondary N) is 3. The van der Waals surface area contributed by atoms with E-state index in [1.54, 1.807) is 13.0 Å². The molecule has 0 spiro atoms. The van der Waals surface area contributed by atoms with Gasteiger partial charge < -0.3 is 20.4 Å². The van der Waals surface area contributed by atoms with Crippen LogP contribution in [0, 0.1) is 18.2 Å². The molecule has 0 unspecified atom stereocenters. The summed E-state index contributed by atoms with van der Waals surface area (Å²) in [4.78, 5) is 37.3. The molecule has 1 aliphatic heterocycles. The fourth-order valence-corrected chi connectivity index (χ4v) is 4.05. The van der Waals surface area contributed by atoms with Crippen molar-refractivity contribution >= 4 is 23.0 Å². The van der Waals surface area contributed by atoms with E-state index in [0.717, 1.165) is 12.2 Å². The van der Waals surface area contributed by atoms with Gasteiger partial charge in [0.05, 0.1) is 23.3 Å². The molecule has 0 fully saturated rings. The van der Waals surface area contributed by atoms with Crippen LogP contribution in [0.4, 0.5) is 21.5 Å². The summed E-state index contributed by atoms with van der Waals surface area (Å²) in [6.07, 6.45) is 0.765. The van der Waals surface area contributed by atoms with E-state index in [1.807, 2.05) is 39.8 Å². The number of fused-ring (bicyclic) bond motifs is 1. The first-order valence-corrected chi connectivity index (χ1v) is 10.6. The van der Waals surface area contributed by atoms with Gasteiger partial charge in [-0.25, -0.2) is 4.39 Å². The second-order valence-corrected chi connectivity index (χ2v) is 8.98. The molecule has 7 nitrogen and oxygen atoms in total. The van der Waals surface area contributed by atoms with Crippen LogP contribution in [0.15, 0.2) is 38.3 Å². The Morgan fingerprint density at radius 2 is 1.78 bits per heavy atom. The van der Waals surface area contributed by atoms with Crippen LogP contribution in [0.25, 0.3) is 0 Å². The van der Waals surface area contributed by atoms with Crippen molar-refractivity contribution in [2.24, 2.45) is 5.41 Å². The summed E-state index contributed by atoms with van der Waals surface area (Å²) in [5.74, 6) is 0.246. The minimum atomic E-state index is -0.764. The Morgan fingerprint density at radius 3 is 2.41 bits per heavy atom. The fraction of sp³-hybridized carbons (Fsp3) is 0.375. The number of carbonyl (C=O) groups is 1. The van der Waals surface area contributed by atoms with Crippen LogP contribution in [0.1, 0.15) is 73.6 Å². The minimum absolute atomic E-state index is 0.0547. The van der Waals surface area contributed by atoms with Gasteiger partial charge in [0.1, 0.15) is 28.7 Å². The number of hydrogen-bond acceptors (Lipinski definition) is 6. The maximum atomic E-state index is 14.7. The first-order chi connectivity index (χ1) is 15.0. The van der Waals surface area contributed by atoms with Gasteiger partial charge in [0.15, 0.2) is 0 Å². The Morgan fingerprint density at radius 1 is 1.09 bits per heavy atom. The van der Waals surface area contributed by atoms with E-state index >= 15 is 0 Å².